The largest absolute Gasteiger partial charge is 0.492 e. The molecule has 0 bridgehead atoms. The number of benzene rings is 1. The quantitative estimate of drug-likeness (QED) is 0.811. The first-order valence-electron chi connectivity index (χ1n) is 7.87. The van der Waals surface area contributed by atoms with E-state index in [9.17, 15) is 4.79 Å². The average molecular weight is 306 g/mol. The normalized spacial score (nSPS) is 22.3. The summed E-state index contributed by atoms with van der Waals surface area (Å²) < 4.78 is 11.3. The van der Waals surface area contributed by atoms with Gasteiger partial charge in [-0.15, -0.1) is 0 Å². The topological polar surface area (TPSA) is 50.8 Å². The standard InChI is InChI=1S/C17H26N2O3/c1-13-5-4-6-16(9-13)21-8-7-18-17(20)12-19-10-14(2)22-15(3)11-19/h4-6,9,14-15H,7-8,10-12H2,1-3H3,(H,18,20). The molecule has 1 aromatic carbocycles. The van der Waals surface area contributed by atoms with Crippen LogP contribution >= 0.6 is 0 Å². The van der Waals surface area contributed by atoms with Gasteiger partial charge in [0.25, 0.3) is 0 Å². The third-order valence-electron chi connectivity index (χ3n) is 3.54. The fourth-order valence-corrected chi connectivity index (χ4v) is 2.74. The molecule has 0 saturated carbocycles. The van der Waals surface area contributed by atoms with Gasteiger partial charge in [0.15, 0.2) is 0 Å². The van der Waals surface area contributed by atoms with Crippen LogP contribution in [0, 0.1) is 6.92 Å². The Labute approximate surface area is 132 Å². The predicted molar refractivity (Wildman–Crippen MR) is 86.1 cm³/mol. The lowest BCUT2D eigenvalue weighted by Crippen LogP contribution is -2.49. The molecule has 2 atom stereocenters. The van der Waals surface area contributed by atoms with Gasteiger partial charge in [-0.2, -0.15) is 0 Å². The highest BCUT2D eigenvalue weighted by atomic mass is 16.5. The molecule has 1 aromatic rings. The van der Waals surface area contributed by atoms with Crippen molar-refractivity contribution in [2.24, 2.45) is 0 Å². The zero-order chi connectivity index (χ0) is 15.9. The van der Waals surface area contributed by atoms with Crippen molar-refractivity contribution in [3.8, 4) is 5.75 Å². The highest BCUT2D eigenvalue weighted by Crippen LogP contribution is 2.12. The number of hydrogen-bond donors (Lipinski definition) is 1. The molecule has 0 radical (unpaired) electrons. The Balaban J connectivity index is 1.63. The number of amides is 1. The average Bonchev–Trinajstić information content (AvgIpc) is 2.42. The van der Waals surface area contributed by atoms with Gasteiger partial charge in [-0.1, -0.05) is 12.1 Å². The summed E-state index contributed by atoms with van der Waals surface area (Å²) in [5, 5.41) is 2.90. The van der Waals surface area contributed by atoms with Crippen LogP contribution in [0.15, 0.2) is 24.3 Å². The Bertz CT molecular complexity index is 483. The van der Waals surface area contributed by atoms with Crippen LogP contribution < -0.4 is 10.1 Å². The molecular formula is C17H26N2O3. The molecular weight excluding hydrogens is 280 g/mol. The van der Waals surface area contributed by atoms with Crippen LogP contribution in [-0.4, -0.2) is 55.8 Å². The lowest BCUT2D eigenvalue weighted by Gasteiger charge is -2.34. The fraction of sp³-hybridized carbons (Fsp3) is 0.588. The van der Waals surface area contributed by atoms with E-state index in [1.807, 2.05) is 45.0 Å². The third-order valence-corrected chi connectivity index (χ3v) is 3.54. The Kier molecular flexibility index (Phi) is 6.21. The number of nitrogens with zero attached hydrogens (tertiary/aromatic N) is 1. The summed E-state index contributed by atoms with van der Waals surface area (Å²) in [5.74, 6) is 0.874. The summed E-state index contributed by atoms with van der Waals surface area (Å²) in [6.07, 6.45) is 0.363. The van der Waals surface area contributed by atoms with Gasteiger partial charge in [-0.3, -0.25) is 9.69 Å². The Morgan fingerprint density at radius 1 is 1.36 bits per heavy atom. The van der Waals surface area contributed by atoms with Gasteiger partial charge in [0.1, 0.15) is 12.4 Å². The van der Waals surface area contributed by atoms with Crippen molar-refractivity contribution in [1.82, 2.24) is 10.2 Å². The van der Waals surface area contributed by atoms with E-state index in [0.29, 0.717) is 19.7 Å². The van der Waals surface area contributed by atoms with Crippen molar-refractivity contribution in [1.29, 1.82) is 0 Å². The molecule has 122 valence electrons. The maximum absolute atomic E-state index is 11.9. The molecule has 5 nitrogen and oxygen atoms in total. The summed E-state index contributed by atoms with van der Waals surface area (Å²) in [7, 11) is 0. The summed E-state index contributed by atoms with van der Waals surface area (Å²) in [5.41, 5.74) is 1.16. The van der Waals surface area contributed by atoms with E-state index in [0.717, 1.165) is 24.4 Å². The van der Waals surface area contributed by atoms with Crippen molar-refractivity contribution in [2.75, 3.05) is 32.8 Å². The number of morpholine rings is 1. The smallest absolute Gasteiger partial charge is 0.234 e. The van der Waals surface area contributed by atoms with Gasteiger partial charge < -0.3 is 14.8 Å². The second-order valence-electron chi connectivity index (χ2n) is 5.97. The summed E-state index contributed by atoms with van der Waals surface area (Å²) in [6.45, 7) is 9.12. The number of hydrogen-bond acceptors (Lipinski definition) is 4. The zero-order valence-corrected chi connectivity index (χ0v) is 13.7. The minimum absolute atomic E-state index is 0.0362. The van der Waals surface area contributed by atoms with Crippen LogP contribution in [-0.2, 0) is 9.53 Å². The monoisotopic (exact) mass is 306 g/mol. The van der Waals surface area contributed by atoms with Crippen molar-refractivity contribution in [2.45, 2.75) is 33.0 Å². The highest BCUT2D eigenvalue weighted by molar-refractivity contribution is 5.78. The fourth-order valence-electron chi connectivity index (χ4n) is 2.74. The maximum atomic E-state index is 11.9. The SMILES string of the molecule is Cc1cccc(OCCNC(=O)CN2CC(C)OC(C)C2)c1. The first kappa shape index (κ1) is 16.8. The van der Waals surface area contributed by atoms with Crippen LogP contribution in [0.1, 0.15) is 19.4 Å². The first-order valence-corrected chi connectivity index (χ1v) is 7.87. The Hall–Kier alpha value is -1.59. The molecule has 1 amide bonds. The molecule has 0 spiro atoms. The number of carbonyl (C=O) groups is 1. The molecule has 1 aliphatic rings. The molecule has 5 heteroatoms. The number of ether oxygens (including phenoxy) is 2. The molecule has 1 fully saturated rings. The van der Waals surface area contributed by atoms with Crippen molar-refractivity contribution in [3.63, 3.8) is 0 Å². The van der Waals surface area contributed by atoms with Crippen molar-refractivity contribution in [3.05, 3.63) is 29.8 Å². The van der Waals surface area contributed by atoms with Crippen LogP contribution in [0.25, 0.3) is 0 Å². The number of nitrogens with one attached hydrogen (secondary N) is 1. The summed E-state index contributed by atoms with van der Waals surface area (Å²) >= 11 is 0. The predicted octanol–water partition coefficient (Wildman–Crippen LogP) is 1.60. The minimum atomic E-state index is 0.0362. The number of rotatable bonds is 6. The lowest BCUT2D eigenvalue weighted by molar-refractivity contribution is -0.126. The number of aryl methyl sites for hydroxylation is 1. The Morgan fingerprint density at radius 3 is 2.77 bits per heavy atom. The van der Waals surface area contributed by atoms with Crippen LogP contribution in [0.3, 0.4) is 0 Å². The highest BCUT2D eigenvalue weighted by Gasteiger charge is 2.23. The molecule has 0 aromatic heterocycles. The van der Waals surface area contributed by atoms with Gasteiger partial charge in [0.05, 0.1) is 25.3 Å². The van der Waals surface area contributed by atoms with Gasteiger partial charge in [-0.05, 0) is 38.5 Å². The van der Waals surface area contributed by atoms with E-state index in [1.54, 1.807) is 0 Å². The molecule has 2 rings (SSSR count). The van der Waals surface area contributed by atoms with Crippen molar-refractivity contribution < 1.29 is 14.3 Å². The minimum Gasteiger partial charge on any atom is -0.492 e. The van der Waals surface area contributed by atoms with E-state index < -0.39 is 0 Å². The molecule has 1 N–H and O–H groups in total. The van der Waals surface area contributed by atoms with E-state index in [1.165, 1.54) is 0 Å². The molecule has 1 aliphatic heterocycles. The van der Waals surface area contributed by atoms with E-state index in [-0.39, 0.29) is 18.1 Å². The van der Waals surface area contributed by atoms with Crippen molar-refractivity contribution >= 4 is 5.91 Å². The van der Waals surface area contributed by atoms with Crippen LogP contribution in [0.5, 0.6) is 5.75 Å². The van der Waals surface area contributed by atoms with Gasteiger partial charge in [0, 0.05) is 13.1 Å². The Morgan fingerprint density at radius 2 is 2.09 bits per heavy atom. The molecule has 22 heavy (non-hydrogen) atoms. The molecule has 0 aliphatic carbocycles. The van der Waals surface area contributed by atoms with Gasteiger partial charge >= 0.3 is 0 Å². The molecule has 1 heterocycles. The first-order chi connectivity index (χ1) is 10.5. The van der Waals surface area contributed by atoms with E-state index in [4.69, 9.17) is 9.47 Å². The van der Waals surface area contributed by atoms with E-state index >= 15 is 0 Å². The number of carbonyl (C=O) groups excluding carboxylic acids is 1. The molecule has 2 unspecified atom stereocenters. The summed E-state index contributed by atoms with van der Waals surface area (Å²) in [4.78, 5) is 14.1. The maximum Gasteiger partial charge on any atom is 0.234 e. The zero-order valence-electron chi connectivity index (χ0n) is 13.7. The van der Waals surface area contributed by atoms with Gasteiger partial charge in [-0.25, -0.2) is 0 Å². The van der Waals surface area contributed by atoms with Crippen LogP contribution in [0.2, 0.25) is 0 Å². The molecule has 1 saturated heterocycles. The van der Waals surface area contributed by atoms with Crippen LogP contribution in [0.4, 0.5) is 0 Å². The van der Waals surface area contributed by atoms with Gasteiger partial charge in [0.2, 0.25) is 5.91 Å². The summed E-state index contributed by atoms with van der Waals surface area (Å²) in [6, 6.07) is 7.90. The third kappa shape index (κ3) is 5.66. The second-order valence-corrected chi connectivity index (χ2v) is 5.97. The lowest BCUT2D eigenvalue weighted by atomic mass is 10.2. The van der Waals surface area contributed by atoms with E-state index in [2.05, 4.69) is 10.2 Å². The second kappa shape index (κ2) is 8.15.